The van der Waals surface area contributed by atoms with E-state index in [0.29, 0.717) is 45.1 Å². The van der Waals surface area contributed by atoms with Crippen LogP contribution in [0.2, 0.25) is 0 Å². The van der Waals surface area contributed by atoms with Gasteiger partial charge in [0.25, 0.3) is 11.8 Å². The zero-order chi connectivity index (χ0) is 23.7. The van der Waals surface area contributed by atoms with Crippen LogP contribution >= 0.6 is 0 Å². The third kappa shape index (κ3) is 4.38. The molecule has 1 aliphatic carbocycles. The van der Waals surface area contributed by atoms with Crippen LogP contribution in [0.3, 0.4) is 0 Å². The van der Waals surface area contributed by atoms with Crippen molar-refractivity contribution in [3.63, 3.8) is 0 Å². The fourth-order valence-corrected chi connectivity index (χ4v) is 3.83. The summed E-state index contributed by atoms with van der Waals surface area (Å²) in [5.41, 5.74) is 7.23. The standard InChI is InChI=1S/C26H22N4O4/c1-15-12-19(15)25(32)27-17-7-4-6-16(13-17)24(31)29-30-26(33)20-14-22(23-10-5-11-34-23)28-21-9-3-2-8-18(20)21/h2-11,13-15,19H,12H2,1H3,(H,27,32)(H,29,31)(H,30,33). The van der Waals surface area contributed by atoms with Gasteiger partial charge in [-0.05, 0) is 54.8 Å². The Kier molecular flexibility index (Phi) is 5.55. The van der Waals surface area contributed by atoms with E-state index in [4.69, 9.17) is 4.42 Å². The molecule has 2 heterocycles. The highest BCUT2D eigenvalue weighted by molar-refractivity contribution is 6.08. The molecule has 34 heavy (non-hydrogen) atoms. The van der Waals surface area contributed by atoms with Gasteiger partial charge in [0.05, 0.1) is 17.3 Å². The summed E-state index contributed by atoms with van der Waals surface area (Å²) in [6.07, 6.45) is 2.41. The van der Waals surface area contributed by atoms with Crippen molar-refractivity contribution in [2.45, 2.75) is 13.3 Å². The molecular formula is C26H22N4O4. The van der Waals surface area contributed by atoms with E-state index in [1.807, 2.05) is 19.1 Å². The van der Waals surface area contributed by atoms with Gasteiger partial charge in [-0.2, -0.15) is 0 Å². The monoisotopic (exact) mass is 454 g/mol. The Morgan fingerprint density at radius 1 is 0.941 bits per heavy atom. The average Bonchev–Trinajstić information content (AvgIpc) is 3.34. The molecule has 8 heteroatoms. The second kappa shape index (κ2) is 8.82. The molecule has 1 aliphatic rings. The van der Waals surface area contributed by atoms with Gasteiger partial charge in [0.15, 0.2) is 5.76 Å². The van der Waals surface area contributed by atoms with Crippen molar-refractivity contribution in [2.24, 2.45) is 11.8 Å². The number of anilines is 1. The van der Waals surface area contributed by atoms with Gasteiger partial charge in [-0.3, -0.25) is 25.2 Å². The summed E-state index contributed by atoms with van der Waals surface area (Å²) < 4.78 is 5.43. The van der Waals surface area contributed by atoms with Gasteiger partial charge < -0.3 is 9.73 Å². The second-order valence-corrected chi connectivity index (χ2v) is 8.35. The van der Waals surface area contributed by atoms with Gasteiger partial charge in [0.1, 0.15) is 5.69 Å². The van der Waals surface area contributed by atoms with Crippen molar-refractivity contribution in [3.8, 4) is 11.5 Å². The molecule has 1 saturated carbocycles. The van der Waals surface area contributed by atoms with Crippen LogP contribution < -0.4 is 16.2 Å². The van der Waals surface area contributed by atoms with Crippen LogP contribution in [0.5, 0.6) is 0 Å². The molecular weight excluding hydrogens is 432 g/mol. The number of fused-ring (bicyclic) bond motifs is 1. The molecule has 3 amide bonds. The fraction of sp³-hybridized carbons (Fsp3) is 0.154. The van der Waals surface area contributed by atoms with Crippen LogP contribution in [-0.4, -0.2) is 22.7 Å². The summed E-state index contributed by atoms with van der Waals surface area (Å²) in [5.74, 6) is -0.100. The molecule has 0 aliphatic heterocycles. The maximum Gasteiger partial charge on any atom is 0.270 e. The SMILES string of the molecule is CC1CC1C(=O)Nc1cccc(C(=O)NNC(=O)c2cc(-c3ccco3)nc3ccccc23)c1. The van der Waals surface area contributed by atoms with E-state index in [1.54, 1.807) is 54.6 Å². The number of nitrogens with zero attached hydrogens (tertiary/aromatic N) is 1. The lowest BCUT2D eigenvalue weighted by molar-refractivity contribution is -0.117. The molecule has 0 spiro atoms. The van der Waals surface area contributed by atoms with Crippen LogP contribution in [-0.2, 0) is 4.79 Å². The lowest BCUT2D eigenvalue weighted by Crippen LogP contribution is -2.41. The van der Waals surface area contributed by atoms with Crippen molar-refractivity contribution >= 4 is 34.3 Å². The van der Waals surface area contributed by atoms with E-state index in [-0.39, 0.29) is 11.8 Å². The first-order valence-electron chi connectivity index (χ1n) is 10.9. The molecule has 2 aromatic heterocycles. The van der Waals surface area contributed by atoms with E-state index in [0.717, 1.165) is 6.42 Å². The number of pyridine rings is 1. The number of hydrogen-bond acceptors (Lipinski definition) is 5. The number of benzene rings is 2. The molecule has 4 aromatic rings. The molecule has 0 saturated heterocycles. The first-order chi connectivity index (χ1) is 16.5. The van der Waals surface area contributed by atoms with Crippen molar-refractivity contribution in [3.05, 3.63) is 84.1 Å². The van der Waals surface area contributed by atoms with Crippen molar-refractivity contribution < 1.29 is 18.8 Å². The van der Waals surface area contributed by atoms with Crippen LogP contribution in [0.1, 0.15) is 34.1 Å². The van der Waals surface area contributed by atoms with E-state index in [2.05, 4.69) is 21.2 Å². The molecule has 5 rings (SSSR count). The number of amides is 3. The second-order valence-electron chi connectivity index (χ2n) is 8.35. The number of carbonyl (C=O) groups excluding carboxylic acids is 3. The van der Waals surface area contributed by atoms with Gasteiger partial charge in [0, 0.05) is 22.6 Å². The van der Waals surface area contributed by atoms with Gasteiger partial charge in [-0.15, -0.1) is 0 Å². The van der Waals surface area contributed by atoms with E-state index >= 15 is 0 Å². The van der Waals surface area contributed by atoms with Crippen molar-refractivity contribution in [2.75, 3.05) is 5.32 Å². The lowest BCUT2D eigenvalue weighted by atomic mass is 10.1. The van der Waals surface area contributed by atoms with E-state index < -0.39 is 11.8 Å². The van der Waals surface area contributed by atoms with Crippen LogP contribution in [0.25, 0.3) is 22.4 Å². The number of hydrogen-bond donors (Lipinski definition) is 3. The first-order valence-corrected chi connectivity index (χ1v) is 10.9. The largest absolute Gasteiger partial charge is 0.463 e. The number of hydrazine groups is 1. The van der Waals surface area contributed by atoms with E-state index in [1.165, 1.54) is 6.26 Å². The maximum absolute atomic E-state index is 13.0. The summed E-state index contributed by atoms with van der Waals surface area (Å²) in [5, 5.41) is 3.48. The Labute approximate surface area is 195 Å². The molecule has 2 atom stereocenters. The Hall–Kier alpha value is -4.46. The summed E-state index contributed by atoms with van der Waals surface area (Å²) in [6, 6.07) is 18.9. The fourth-order valence-electron chi connectivity index (χ4n) is 3.83. The lowest BCUT2D eigenvalue weighted by Gasteiger charge is -2.11. The quantitative estimate of drug-likeness (QED) is 0.392. The highest BCUT2D eigenvalue weighted by atomic mass is 16.3. The predicted molar refractivity (Wildman–Crippen MR) is 127 cm³/mol. The van der Waals surface area contributed by atoms with Crippen molar-refractivity contribution in [1.29, 1.82) is 0 Å². The Morgan fingerprint density at radius 2 is 1.74 bits per heavy atom. The van der Waals surface area contributed by atoms with Crippen molar-refractivity contribution in [1.82, 2.24) is 15.8 Å². The molecule has 0 bridgehead atoms. The topological polar surface area (TPSA) is 113 Å². The molecule has 2 unspecified atom stereocenters. The first kappa shape index (κ1) is 21.4. The van der Waals surface area contributed by atoms with Crippen LogP contribution in [0.15, 0.2) is 77.4 Å². The van der Waals surface area contributed by atoms with E-state index in [9.17, 15) is 14.4 Å². The number of para-hydroxylation sites is 1. The number of furan rings is 1. The highest BCUT2D eigenvalue weighted by Crippen LogP contribution is 2.38. The summed E-state index contributed by atoms with van der Waals surface area (Å²) in [7, 11) is 0. The number of rotatable bonds is 5. The van der Waals surface area contributed by atoms with Gasteiger partial charge in [-0.1, -0.05) is 31.2 Å². The molecule has 0 radical (unpaired) electrons. The normalized spacial score (nSPS) is 16.6. The molecule has 3 N–H and O–H groups in total. The Bertz CT molecular complexity index is 1400. The zero-order valence-corrected chi connectivity index (χ0v) is 18.4. The highest BCUT2D eigenvalue weighted by Gasteiger charge is 2.39. The summed E-state index contributed by atoms with van der Waals surface area (Å²) in [4.78, 5) is 42.4. The zero-order valence-electron chi connectivity index (χ0n) is 18.4. The summed E-state index contributed by atoms with van der Waals surface area (Å²) in [6.45, 7) is 2.03. The third-order valence-corrected chi connectivity index (χ3v) is 5.86. The third-order valence-electron chi connectivity index (χ3n) is 5.86. The van der Waals surface area contributed by atoms with Gasteiger partial charge in [0.2, 0.25) is 5.91 Å². The minimum Gasteiger partial charge on any atom is -0.463 e. The average molecular weight is 454 g/mol. The smallest absolute Gasteiger partial charge is 0.270 e. The minimum absolute atomic E-state index is 0.0259. The van der Waals surface area contributed by atoms with Gasteiger partial charge in [-0.25, -0.2) is 4.98 Å². The molecule has 170 valence electrons. The molecule has 2 aromatic carbocycles. The maximum atomic E-state index is 13.0. The Morgan fingerprint density at radius 3 is 2.50 bits per heavy atom. The van der Waals surface area contributed by atoms with Crippen LogP contribution in [0, 0.1) is 11.8 Å². The minimum atomic E-state index is -0.506. The Balaban J connectivity index is 1.31. The van der Waals surface area contributed by atoms with Crippen LogP contribution in [0.4, 0.5) is 5.69 Å². The molecule has 8 nitrogen and oxygen atoms in total. The predicted octanol–water partition coefficient (Wildman–Crippen LogP) is 4.16. The molecule has 1 fully saturated rings. The van der Waals surface area contributed by atoms with Gasteiger partial charge >= 0.3 is 0 Å². The number of nitrogens with one attached hydrogen (secondary N) is 3. The number of aromatic nitrogens is 1. The number of carbonyl (C=O) groups is 3. The summed E-state index contributed by atoms with van der Waals surface area (Å²) >= 11 is 0.